The highest BCUT2D eigenvalue weighted by Crippen LogP contribution is 2.30. The van der Waals surface area contributed by atoms with Gasteiger partial charge in [-0.2, -0.15) is 0 Å². The van der Waals surface area contributed by atoms with Crippen molar-refractivity contribution in [2.24, 2.45) is 0 Å². The van der Waals surface area contributed by atoms with E-state index in [0.29, 0.717) is 29.3 Å². The van der Waals surface area contributed by atoms with Crippen LogP contribution in [0.25, 0.3) is 0 Å². The summed E-state index contributed by atoms with van der Waals surface area (Å²) in [5.41, 5.74) is 1.20. The molecule has 0 aliphatic heterocycles. The highest BCUT2D eigenvalue weighted by Gasteiger charge is 2.13. The standard InChI is InChI=1S/C21H26N2O4S/c1-4-5-12-22-21(25)16-8-6-7-9-19(16)28-14-20(24)23-15-10-11-17(26-2)18(13-15)27-3/h6-11,13H,4-5,12,14H2,1-3H3,(H,22,25)(H,23,24). The van der Waals surface area contributed by atoms with Gasteiger partial charge in [-0.15, -0.1) is 11.8 Å². The van der Waals surface area contributed by atoms with Crippen molar-refractivity contribution in [3.8, 4) is 11.5 Å². The van der Waals surface area contributed by atoms with E-state index in [1.165, 1.54) is 11.8 Å². The van der Waals surface area contributed by atoms with E-state index in [2.05, 4.69) is 17.6 Å². The van der Waals surface area contributed by atoms with Crippen LogP contribution in [-0.4, -0.2) is 38.3 Å². The molecule has 2 aromatic carbocycles. The van der Waals surface area contributed by atoms with Crippen LogP contribution in [0.5, 0.6) is 11.5 Å². The van der Waals surface area contributed by atoms with E-state index >= 15 is 0 Å². The van der Waals surface area contributed by atoms with Crippen molar-refractivity contribution < 1.29 is 19.1 Å². The lowest BCUT2D eigenvalue weighted by Gasteiger charge is -2.11. The van der Waals surface area contributed by atoms with E-state index in [1.807, 2.05) is 18.2 Å². The van der Waals surface area contributed by atoms with Gasteiger partial charge in [-0.3, -0.25) is 9.59 Å². The van der Waals surface area contributed by atoms with Crippen LogP contribution in [0.15, 0.2) is 47.4 Å². The maximum atomic E-state index is 12.4. The van der Waals surface area contributed by atoms with Crippen LogP contribution < -0.4 is 20.1 Å². The van der Waals surface area contributed by atoms with Crippen LogP contribution in [0.4, 0.5) is 5.69 Å². The van der Waals surface area contributed by atoms with E-state index in [1.54, 1.807) is 38.5 Å². The Balaban J connectivity index is 1.97. The fourth-order valence-electron chi connectivity index (χ4n) is 2.51. The number of anilines is 1. The van der Waals surface area contributed by atoms with Gasteiger partial charge in [0.25, 0.3) is 5.91 Å². The molecule has 7 heteroatoms. The molecular weight excluding hydrogens is 376 g/mol. The Bertz CT molecular complexity index is 811. The number of hydrogen-bond acceptors (Lipinski definition) is 5. The molecule has 2 rings (SSSR count). The fourth-order valence-corrected chi connectivity index (χ4v) is 3.36. The summed E-state index contributed by atoms with van der Waals surface area (Å²) in [5.74, 6) is 1.04. The molecule has 28 heavy (non-hydrogen) atoms. The molecule has 2 amide bonds. The summed E-state index contributed by atoms with van der Waals surface area (Å²) in [6, 6.07) is 12.5. The van der Waals surface area contributed by atoms with Gasteiger partial charge in [-0.05, 0) is 30.7 Å². The lowest BCUT2D eigenvalue weighted by molar-refractivity contribution is -0.113. The summed E-state index contributed by atoms with van der Waals surface area (Å²) in [6.07, 6.45) is 1.96. The Hall–Kier alpha value is -2.67. The Labute approximate surface area is 170 Å². The Morgan fingerprint density at radius 1 is 1.04 bits per heavy atom. The molecule has 0 atom stereocenters. The molecule has 0 aliphatic carbocycles. The van der Waals surface area contributed by atoms with Crippen molar-refractivity contribution in [1.82, 2.24) is 5.32 Å². The van der Waals surface area contributed by atoms with Gasteiger partial charge in [0.1, 0.15) is 0 Å². The molecule has 0 spiro atoms. The molecule has 2 aromatic rings. The monoisotopic (exact) mass is 402 g/mol. The van der Waals surface area contributed by atoms with Crippen LogP contribution in [0, 0.1) is 0 Å². The Morgan fingerprint density at radius 2 is 1.79 bits per heavy atom. The minimum Gasteiger partial charge on any atom is -0.493 e. The molecule has 0 unspecified atom stereocenters. The lowest BCUT2D eigenvalue weighted by atomic mass is 10.2. The smallest absolute Gasteiger partial charge is 0.252 e. The van der Waals surface area contributed by atoms with Crippen LogP contribution in [-0.2, 0) is 4.79 Å². The molecule has 0 saturated heterocycles. The van der Waals surface area contributed by atoms with Crippen molar-refractivity contribution >= 4 is 29.3 Å². The topological polar surface area (TPSA) is 76.7 Å². The number of thioether (sulfide) groups is 1. The third-order valence-corrected chi connectivity index (χ3v) is 5.05. The number of carbonyl (C=O) groups is 2. The summed E-state index contributed by atoms with van der Waals surface area (Å²) in [4.78, 5) is 25.5. The highest BCUT2D eigenvalue weighted by atomic mass is 32.2. The molecule has 0 radical (unpaired) electrons. The zero-order chi connectivity index (χ0) is 20.4. The number of rotatable bonds is 10. The van der Waals surface area contributed by atoms with Gasteiger partial charge in [0.05, 0.1) is 25.5 Å². The predicted molar refractivity (Wildman–Crippen MR) is 113 cm³/mol. The van der Waals surface area contributed by atoms with Gasteiger partial charge >= 0.3 is 0 Å². The quantitative estimate of drug-likeness (QED) is 0.465. The first kappa shape index (κ1) is 21.6. The molecule has 2 N–H and O–H groups in total. The summed E-state index contributed by atoms with van der Waals surface area (Å²) >= 11 is 1.33. The van der Waals surface area contributed by atoms with Gasteiger partial charge in [0.15, 0.2) is 11.5 Å². The molecule has 0 heterocycles. The molecule has 150 valence electrons. The third-order valence-electron chi connectivity index (χ3n) is 3.97. The van der Waals surface area contributed by atoms with Crippen LogP contribution in [0.3, 0.4) is 0 Å². The lowest BCUT2D eigenvalue weighted by Crippen LogP contribution is -2.25. The van der Waals surface area contributed by atoms with Crippen molar-refractivity contribution in [1.29, 1.82) is 0 Å². The van der Waals surface area contributed by atoms with Gasteiger partial charge in [-0.25, -0.2) is 0 Å². The number of benzene rings is 2. The number of hydrogen-bond donors (Lipinski definition) is 2. The molecule has 0 aliphatic rings. The summed E-state index contributed by atoms with van der Waals surface area (Å²) in [7, 11) is 3.10. The number of ether oxygens (including phenoxy) is 2. The normalized spacial score (nSPS) is 10.2. The second-order valence-corrected chi connectivity index (χ2v) is 7.03. The van der Waals surface area contributed by atoms with Gasteiger partial charge in [-0.1, -0.05) is 25.5 Å². The Morgan fingerprint density at radius 3 is 2.50 bits per heavy atom. The summed E-state index contributed by atoms with van der Waals surface area (Å²) in [6.45, 7) is 2.72. The number of amides is 2. The van der Waals surface area contributed by atoms with Crippen molar-refractivity contribution in [2.75, 3.05) is 31.8 Å². The fraction of sp³-hybridized carbons (Fsp3) is 0.333. The summed E-state index contributed by atoms with van der Waals surface area (Å²) < 4.78 is 10.4. The zero-order valence-electron chi connectivity index (χ0n) is 16.4. The zero-order valence-corrected chi connectivity index (χ0v) is 17.2. The highest BCUT2D eigenvalue weighted by molar-refractivity contribution is 8.00. The van der Waals surface area contributed by atoms with Crippen LogP contribution in [0.1, 0.15) is 30.1 Å². The second-order valence-electron chi connectivity index (χ2n) is 6.01. The van der Waals surface area contributed by atoms with E-state index < -0.39 is 0 Å². The van der Waals surface area contributed by atoms with E-state index in [-0.39, 0.29) is 17.6 Å². The molecule has 0 bridgehead atoms. The van der Waals surface area contributed by atoms with Crippen LogP contribution in [0.2, 0.25) is 0 Å². The van der Waals surface area contributed by atoms with Crippen LogP contribution >= 0.6 is 11.8 Å². The average Bonchev–Trinajstić information content (AvgIpc) is 2.72. The first-order valence-electron chi connectivity index (χ1n) is 9.11. The number of unbranched alkanes of at least 4 members (excludes halogenated alkanes) is 1. The van der Waals surface area contributed by atoms with Crippen molar-refractivity contribution in [3.63, 3.8) is 0 Å². The van der Waals surface area contributed by atoms with Gasteiger partial charge < -0.3 is 20.1 Å². The van der Waals surface area contributed by atoms with E-state index in [4.69, 9.17) is 9.47 Å². The SMILES string of the molecule is CCCCNC(=O)c1ccccc1SCC(=O)Nc1ccc(OC)c(OC)c1. The van der Waals surface area contributed by atoms with E-state index in [9.17, 15) is 9.59 Å². The molecule has 6 nitrogen and oxygen atoms in total. The largest absolute Gasteiger partial charge is 0.493 e. The maximum Gasteiger partial charge on any atom is 0.252 e. The molecular formula is C21H26N2O4S. The number of methoxy groups -OCH3 is 2. The molecule has 0 fully saturated rings. The minimum absolute atomic E-state index is 0.114. The number of carbonyl (C=O) groups excluding carboxylic acids is 2. The minimum atomic E-state index is -0.168. The summed E-state index contributed by atoms with van der Waals surface area (Å²) in [5, 5.41) is 5.75. The first-order valence-corrected chi connectivity index (χ1v) is 10.1. The number of nitrogens with one attached hydrogen (secondary N) is 2. The first-order chi connectivity index (χ1) is 13.6. The second kappa shape index (κ2) is 11.2. The Kier molecular flexibility index (Phi) is 8.68. The van der Waals surface area contributed by atoms with Crippen molar-refractivity contribution in [3.05, 3.63) is 48.0 Å². The van der Waals surface area contributed by atoms with Crippen molar-refractivity contribution in [2.45, 2.75) is 24.7 Å². The molecule has 0 saturated carbocycles. The average molecular weight is 403 g/mol. The maximum absolute atomic E-state index is 12.4. The van der Waals surface area contributed by atoms with Gasteiger partial charge in [0, 0.05) is 23.2 Å². The van der Waals surface area contributed by atoms with E-state index in [0.717, 1.165) is 17.7 Å². The predicted octanol–water partition coefficient (Wildman–Crippen LogP) is 3.96. The third kappa shape index (κ3) is 6.20. The van der Waals surface area contributed by atoms with Gasteiger partial charge in [0.2, 0.25) is 5.91 Å². The molecule has 0 aromatic heterocycles.